The first-order chi connectivity index (χ1) is 20.7. The van der Waals surface area contributed by atoms with Crippen LogP contribution in [0.3, 0.4) is 0 Å². The SMILES string of the molecule is CO/N=C(\C(=O)N[C@@H]1C(=O)N2C(C(=O)O)=C(CSc3cc[n+](N(C)C(=O)c4ccccc4)cc3)CS[C@H]12)c1csc(N)n1. The lowest BCUT2D eigenvalue weighted by Gasteiger charge is -2.49. The number of β-lactam (4-membered cyclic amide) rings is 1. The standard InChI is InChI=1S/C27H25N7O6S3/c1-32(23(36)15-6-4-3-5-7-15)33-10-8-17(9-11-33)41-12-16-13-42-25-20(24(37)34(25)21(16)26(38)39)30-22(35)19(31-40-2)18-14-43-27(28)29-18/h3-11,14,20,25H,12-13H2,1-2H3,(H3-,28,29,30,35,38,39)/p+1/b31-19-/t20-,25-/m1/s1. The maximum absolute atomic E-state index is 13.1. The molecule has 5 rings (SSSR count). The monoisotopic (exact) mass is 640 g/mol. The van der Waals surface area contributed by atoms with E-state index in [9.17, 15) is 24.3 Å². The Kier molecular flexibility index (Phi) is 8.98. The van der Waals surface area contributed by atoms with Crippen LogP contribution in [0, 0.1) is 0 Å². The first-order valence-corrected chi connectivity index (χ1v) is 15.6. The lowest BCUT2D eigenvalue weighted by Crippen LogP contribution is -2.71. The molecule has 0 aliphatic carbocycles. The Morgan fingerprint density at radius 3 is 2.60 bits per heavy atom. The molecule has 2 atom stereocenters. The van der Waals surface area contributed by atoms with Crippen LogP contribution in [0.25, 0.3) is 0 Å². The van der Waals surface area contributed by atoms with Gasteiger partial charge in [0.15, 0.2) is 10.8 Å². The lowest BCUT2D eigenvalue weighted by atomic mass is 10.0. The molecule has 4 N–H and O–H groups in total. The van der Waals surface area contributed by atoms with Crippen molar-refractivity contribution in [1.82, 2.24) is 15.2 Å². The summed E-state index contributed by atoms with van der Waals surface area (Å²) in [5.41, 5.74) is 6.79. The van der Waals surface area contributed by atoms with Gasteiger partial charge in [0.1, 0.15) is 29.9 Å². The summed E-state index contributed by atoms with van der Waals surface area (Å²) >= 11 is 3.91. The first-order valence-electron chi connectivity index (χ1n) is 12.7. The zero-order valence-electron chi connectivity index (χ0n) is 22.9. The highest BCUT2D eigenvalue weighted by Crippen LogP contribution is 2.41. The smallest absolute Gasteiger partial charge is 0.352 e. The molecule has 0 bridgehead atoms. The fraction of sp³-hybridized carbons (Fsp3) is 0.222. The van der Waals surface area contributed by atoms with Gasteiger partial charge in [0, 0.05) is 39.5 Å². The van der Waals surface area contributed by atoms with Gasteiger partial charge in [-0.1, -0.05) is 28.0 Å². The fourth-order valence-corrected chi connectivity index (χ4v) is 7.36. The molecule has 0 unspecified atom stereocenters. The number of aliphatic carboxylic acids is 1. The number of nitrogens with two attached hydrogens (primary N) is 1. The first kappa shape index (κ1) is 30.1. The van der Waals surface area contributed by atoms with Gasteiger partial charge in [0.05, 0.1) is 7.05 Å². The van der Waals surface area contributed by atoms with Gasteiger partial charge in [-0.3, -0.25) is 19.3 Å². The third-order valence-corrected chi connectivity index (χ3v) is 9.67. The average Bonchev–Trinajstić information content (AvgIpc) is 3.46. The molecule has 1 fully saturated rings. The van der Waals surface area contributed by atoms with E-state index in [2.05, 4.69) is 15.5 Å². The number of carbonyl (C=O) groups is 4. The van der Waals surface area contributed by atoms with E-state index in [0.717, 1.165) is 16.2 Å². The number of rotatable bonds is 10. The van der Waals surface area contributed by atoms with Crippen LogP contribution >= 0.6 is 34.9 Å². The van der Waals surface area contributed by atoms with Gasteiger partial charge >= 0.3 is 11.9 Å². The molecule has 3 amide bonds. The highest BCUT2D eigenvalue weighted by Gasteiger charge is 2.54. The maximum atomic E-state index is 13.1. The topological polar surface area (TPSA) is 171 Å². The van der Waals surface area contributed by atoms with E-state index >= 15 is 0 Å². The van der Waals surface area contributed by atoms with Crippen molar-refractivity contribution in [3.8, 4) is 0 Å². The average molecular weight is 641 g/mol. The van der Waals surface area contributed by atoms with Gasteiger partial charge in [-0.15, -0.1) is 39.9 Å². The third-order valence-electron chi connectivity index (χ3n) is 6.56. The summed E-state index contributed by atoms with van der Waals surface area (Å²) in [4.78, 5) is 61.9. The number of nitrogens with one attached hydrogen (secondary N) is 1. The number of anilines is 1. The van der Waals surface area contributed by atoms with Crippen molar-refractivity contribution in [3.63, 3.8) is 0 Å². The number of hydrogen-bond acceptors (Lipinski definition) is 11. The Balaban J connectivity index is 1.24. The molecule has 2 aliphatic rings. The van der Waals surface area contributed by atoms with Crippen molar-refractivity contribution in [1.29, 1.82) is 0 Å². The highest BCUT2D eigenvalue weighted by molar-refractivity contribution is 8.01. The van der Waals surface area contributed by atoms with Crippen molar-refractivity contribution < 1.29 is 33.8 Å². The predicted molar refractivity (Wildman–Crippen MR) is 162 cm³/mol. The zero-order valence-corrected chi connectivity index (χ0v) is 25.3. The number of carboxylic acid groups (broad SMARTS) is 1. The van der Waals surface area contributed by atoms with Crippen LogP contribution in [-0.2, 0) is 19.2 Å². The molecule has 16 heteroatoms. The minimum absolute atomic E-state index is 0.0796. The van der Waals surface area contributed by atoms with Gasteiger partial charge in [0.2, 0.25) is 12.4 Å². The molecule has 2 aliphatic heterocycles. The molecule has 0 spiro atoms. The Labute approximate surface area is 258 Å². The van der Waals surface area contributed by atoms with Crippen LogP contribution in [0.1, 0.15) is 16.1 Å². The minimum atomic E-state index is -1.22. The number of thiazole rings is 1. The van der Waals surface area contributed by atoms with Crippen LogP contribution in [0.2, 0.25) is 0 Å². The molecule has 0 radical (unpaired) electrons. The molecule has 1 aromatic carbocycles. The van der Waals surface area contributed by atoms with E-state index in [-0.39, 0.29) is 28.1 Å². The van der Waals surface area contributed by atoms with Gasteiger partial charge in [0.25, 0.3) is 11.8 Å². The van der Waals surface area contributed by atoms with E-state index in [1.165, 1.54) is 40.5 Å². The Morgan fingerprint density at radius 2 is 1.98 bits per heavy atom. The molecule has 222 valence electrons. The van der Waals surface area contributed by atoms with Crippen LogP contribution in [0.4, 0.5) is 5.13 Å². The summed E-state index contributed by atoms with van der Waals surface area (Å²) in [6, 6.07) is 11.6. The third kappa shape index (κ3) is 6.21. The summed E-state index contributed by atoms with van der Waals surface area (Å²) < 4.78 is 1.65. The van der Waals surface area contributed by atoms with Crippen LogP contribution in [-0.4, -0.2) is 81.5 Å². The quantitative estimate of drug-likeness (QED) is 0.0965. The van der Waals surface area contributed by atoms with Crippen molar-refractivity contribution in [2.75, 3.05) is 36.4 Å². The van der Waals surface area contributed by atoms with Crippen LogP contribution in [0.5, 0.6) is 0 Å². The van der Waals surface area contributed by atoms with Gasteiger partial charge in [-0.25, -0.2) is 9.78 Å². The largest absolute Gasteiger partial charge is 0.477 e. The number of aromatic nitrogens is 2. The summed E-state index contributed by atoms with van der Waals surface area (Å²) in [6.45, 7) is 0. The number of fused-ring (bicyclic) bond motifs is 1. The number of pyridine rings is 1. The van der Waals surface area contributed by atoms with Crippen molar-refractivity contribution >= 4 is 69.4 Å². The second kappa shape index (κ2) is 12.8. The van der Waals surface area contributed by atoms with E-state index in [1.54, 1.807) is 53.8 Å². The second-order valence-corrected chi connectivity index (χ2v) is 12.3. The summed E-state index contributed by atoms with van der Waals surface area (Å²) in [7, 11) is 2.94. The Hall–Kier alpha value is -4.41. The predicted octanol–water partition coefficient (Wildman–Crippen LogP) is 1.30. The van der Waals surface area contributed by atoms with Gasteiger partial charge < -0.3 is 21.0 Å². The van der Waals surface area contributed by atoms with Gasteiger partial charge in [-0.05, 0) is 17.7 Å². The number of amides is 3. The number of benzene rings is 1. The number of oxime groups is 1. The molecule has 1 saturated heterocycles. The second-order valence-electron chi connectivity index (χ2n) is 9.21. The molecule has 13 nitrogen and oxygen atoms in total. The summed E-state index contributed by atoms with van der Waals surface area (Å²) in [6.07, 6.45) is 3.49. The Morgan fingerprint density at radius 1 is 1.26 bits per heavy atom. The number of carboxylic acids is 1. The van der Waals surface area contributed by atoms with E-state index in [4.69, 9.17) is 10.6 Å². The fourth-order valence-electron chi connectivity index (χ4n) is 4.44. The number of nitrogen functional groups attached to an aromatic ring is 1. The maximum Gasteiger partial charge on any atom is 0.352 e. The number of carbonyl (C=O) groups excluding carboxylic acids is 3. The molecule has 4 heterocycles. The van der Waals surface area contributed by atoms with E-state index in [1.807, 2.05) is 18.2 Å². The van der Waals surface area contributed by atoms with E-state index in [0.29, 0.717) is 22.6 Å². The molecular weight excluding hydrogens is 615 g/mol. The summed E-state index contributed by atoms with van der Waals surface area (Å²) in [5.74, 6) is -1.92. The lowest BCUT2D eigenvalue weighted by molar-refractivity contribution is -0.679. The van der Waals surface area contributed by atoms with Crippen molar-refractivity contribution in [3.05, 3.63) is 82.8 Å². The molecule has 2 aromatic heterocycles. The highest BCUT2D eigenvalue weighted by atomic mass is 32.2. The summed E-state index contributed by atoms with van der Waals surface area (Å²) in [5, 5.41) is 19.0. The molecule has 43 heavy (non-hydrogen) atoms. The molecular formula is C27H26N7O6S3+. The Bertz CT molecular complexity index is 1630. The molecule has 3 aromatic rings. The van der Waals surface area contributed by atoms with E-state index < -0.39 is 29.2 Å². The number of thioether (sulfide) groups is 2. The van der Waals surface area contributed by atoms with Crippen LogP contribution in [0.15, 0.2) is 81.6 Å². The number of hydrogen-bond donors (Lipinski definition) is 3. The number of nitrogens with zero attached hydrogens (tertiary/aromatic N) is 5. The molecule has 0 saturated carbocycles. The van der Waals surface area contributed by atoms with Crippen LogP contribution < -0.4 is 20.7 Å². The van der Waals surface area contributed by atoms with Crippen molar-refractivity contribution in [2.24, 2.45) is 5.16 Å². The van der Waals surface area contributed by atoms with Crippen molar-refractivity contribution in [2.45, 2.75) is 16.3 Å². The zero-order chi connectivity index (χ0) is 30.7. The van der Waals surface area contributed by atoms with Gasteiger partial charge in [-0.2, -0.15) is 0 Å². The normalized spacial score (nSPS) is 18.0. The minimum Gasteiger partial charge on any atom is -0.477 e.